The molecule has 2 heteroatoms. The third-order valence-electron chi connectivity index (χ3n) is 3.65. The van der Waals surface area contributed by atoms with Crippen LogP contribution in [-0.2, 0) is 6.42 Å². The second-order valence-corrected chi connectivity index (χ2v) is 5.23. The van der Waals surface area contributed by atoms with Gasteiger partial charge >= 0.3 is 0 Å². The van der Waals surface area contributed by atoms with Crippen LogP contribution in [0.4, 0.5) is 0 Å². The van der Waals surface area contributed by atoms with Crippen LogP contribution < -0.4 is 10.5 Å². The zero-order chi connectivity index (χ0) is 14.5. The fourth-order valence-electron chi connectivity index (χ4n) is 2.28. The Morgan fingerprint density at radius 1 is 1.00 bits per heavy atom. The molecule has 2 aromatic carbocycles. The van der Waals surface area contributed by atoms with E-state index in [1.54, 1.807) is 0 Å². The average Bonchev–Trinajstić information content (AvgIpc) is 2.44. The summed E-state index contributed by atoms with van der Waals surface area (Å²) in [5.41, 5.74) is 11.4. The lowest BCUT2D eigenvalue weighted by atomic mass is 9.97. The van der Waals surface area contributed by atoms with Gasteiger partial charge in [0.05, 0.1) is 6.61 Å². The van der Waals surface area contributed by atoms with E-state index in [2.05, 4.69) is 44.2 Å². The van der Waals surface area contributed by atoms with Gasteiger partial charge < -0.3 is 10.5 Å². The monoisotopic (exact) mass is 269 g/mol. The van der Waals surface area contributed by atoms with Crippen molar-refractivity contribution >= 4 is 0 Å². The molecule has 0 aromatic heterocycles. The molecule has 2 nitrogen and oxygen atoms in total. The maximum atomic E-state index is 6.30. The first kappa shape index (κ1) is 14.6. The van der Waals surface area contributed by atoms with E-state index in [4.69, 9.17) is 10.5 Å². The zero-order valence-electron chi connectivity index (χ0n) is 12.5. The molecule has 0 aliphatic heterocycles. The number of rotatable bonds is 5. The summed E-state index contributed by atoms with van der Waals surface area (Å²) < 4.78 is 5.45. The third kappa shape index (κ3) is 3.61. The van der Waals surface area contributed by atoms with Gasteiger partial charge in [0.2, 0.25) is 0 Å². The highest BCUT2D eigenvalue weighted by molar-refractivity contribution is 5.33. The van der Waals surface area contributed by atoms with Gasteiger partial charge in [-0.25, -0.2) is 0 Å². The highest BCUT2D eigenvalue weighted by Crippen LogP contribution is 2.20. The van der Waals surface area contributed by atoms with Crippen LogP contribution in [0.3, 0.4) is 0 Å². The van der Waals surface area contributed by atoms with Gasteiger partial charge in [0.15, 0.2) is 0 Å². The predicted octanol–water partition coefficient (Wildman–Crippen LogP) is 3.94. The fraction of sp³-hybridized carbons (Fsp3) is 0.333. The Morgan fingerprint density at radius 2 is 1.70 bits per heavy atom. The van der Waals surface area contributed by atoms with Gasteiger partial charge in [-0.15, -0.1) is 0 Å². The number of aryl methyl sites for hydroxylation is 2. The zero-order valence-corrected chi connectivity index (χ0v) is 12.5. The van der Waals surface area contributed by atoms with Gasteiger partial charge in [-0.2, -0.15) is 0 Å². The first-order valence-corrected chi connectivity index (χ1v) is 7.14. The molecule has 0 amide bonds. The lowest BCUT2D eigenvalue weighted by molar-refractivity contribution is 0.340. The molecule has 1 atom stereocenters. The van der Waals surface area contributed by atoms with Gasteiger partial charge in [0.25, 0.3) is 0 Å². The van der Waals surface area contributed by atoms with E-state index >= 15 is 0 Å². The standard InChI is InChI=1S/C18H23NO/c1-4-20-17-9-7-16(8-10-17)18(19)12-15-6-5-13(2)14(3)11-15/h5-11,18H,4,12,19H2,1-3H3. The van der Waals surface area contributed by atoms with E-state index in [-0.39, 0.29) is 6.04 Å². The minimum atomic E-state index is 0.0211. The van der Waals surface area contributed by atoms with E-state index in [0.717, 1.165) is 17.7 Å². The normalized spacial score (nSPS) is 12.2. The third-order valence-corrected chi connectivity index (χ3v) is 3.65. The van der Waals surface area contributed by atoms with Crippen molar-refractivity contribution in [3.8, 4) is 5.75 Å². The van der Waals surface area contributed by atoms with Crippen LogP contribution in [0.1, 0.15) is 35.2 Å². The van der Waals surface area contributed by atoms with Crippen molar-refractivity contribution in [3.63, 3.8) is 0 Å². The largest absolute Gasteiger partial charge is 0.494 e. The Kier molecular flexibility index (Phi) is 4.80. The van der Waals surface area contributed by atoms with Crippen molar-refractivity contribution in [2.75, 3.05) is 6.61 Å². The fourth-order valence-corrected chi connectivity index (χ4v) is 2.28. The summed E-state index contributed by atoms with van der Waals surface area (Å²) in [6.07, 6.45) is 0.856. The van der Waals surface area contributed by atoms with Crippen molar-refractivity contribution in [2.24, 2.45) is 5.73 Å². The molecule has 2 rings (SSSR count). The molecule has 0 aliphatic rings. The Balaban J connectivity index is 2.06. The second-order valence-electron chi connectivity index (χ2n) is 5.23. The lowest BCUT2D eigenvalue weighted by Crippen LogP contribution is -2.13. The van der Waals surface area contributed by atoms with Gasteiger partial charge in [-0.1, -0.05) is 30.3 Å². The maximum absolute atomic E-state index is 6.30. The summed E-state index contributed by atoms with van der Waals surface area (Å²) in [6.45, 7) is 6.94. The molecule has 0 saturated carbocycles. The molecule has 20 heavy (non-hydrogen) atoms. The SMILES string of the molecule is CCOc1ccc(C(N)Cc2ccc(C)c(C)c2)cc1. The van der Waals surface area contributed by atoms with Crippen LogP contribution in [-0.4, -0.2) is 6.61 Å². The van der Waals surface area contributed by atoms with Crippen molar-refractivity contribution in [2.45, 2.75) is 33.2 Å². The number of hydrogen-bond donors (Lipinski definition) is 1. The van der Waals surface area contributed by atoms with Crippen LogP contribution in [0, 0.1) is 13.8 Å². The average molecular weight is 269 g/mol. The summed E-state index contributed by atoms with van der Waals surface area (Å²) >= 11 is 0. The Hall–Kier alpha value is -1.80. The van der Waals surface area contributed by atoms with Crippen molar-refractivity contribution < 1.29 is 4.74 Å². The molecular formula is C18H23NO. The highest BCUT2D eigenvalue weighted by Gasteiger charge is 2.08. The molecule has 106 valence electrons. The molecule has 0 fully saturated rings. The van der Waals surface area contributed by atoms with Crippen molar-refractivity contribution in [1.29, 1.82) is 0 Å². The predicted molar refractivity (Wildman–Crippen MR) is 84.2 cm³/mol. The van der Waals surface area contributed by atoms with Gasteiger partial charge in [0.1, 0.15) is 5.75 Å². The minimum absolute atomic E-state index is 0.0211. The summed E-state index contributed by atoms with van der Waals surface area (Å²) in [6, 6.07) is 14.6. The van der Waals surface area contributed by atoms with E-state index in [0.29, 0.717) is 6.61 Å². The smallest absolute Gasteiger partial charge is 0.119 e. The van der Waals surface area contributed by atoms with Gasteiger partial charge in [0, 0.05) is 6.04 Å². The molecule has 0 spiro atoms. The summed E-state index contributed by atoms with van der Waals surface area (Å²) in [5, 5.41) is 0. The molecule has 0 saturated heterocycles. The quantitative estimate of drug-likeness (QED) is 0.892. The first-order chi connectivity index (χ1) is 9.60. The molecule has 0 heterocycles. The second kappa shape index (κ2) is 6.58. The summed E-state index contributed by atoms with van der Waals surface area (Å²) in [5.74, 6) is 0.898. The van der Waals surface area contributed by atoms with Crippen molar-refractivity contribution in [3.05, 3.63) is 64.7 Å². The van der Waals surface area contributed by atoms with E-state index < -0.39 is 0 Å². The molecule has 1 unspecified atom stereocenters. The molecule has 0 radical (unpaired) electrons. The molecule has 2 N–H and O–H groups in total. The number of hydrogen-bond acceptors (Lipinski definition) is 2. The van der Waals surface area contributed by atoms with Gasteiger partial charge in [-0.3, -0.25) is 0 Å². The van der Waals surface area contributed by atoms with Gasteiger partial charge in [-0.05, 0) is 61.6 Å². The first-order valence-electron chi connectivity index (χ1n) is 7.14. The summed E-state index contributed by atoms with van der Waals surface area (Å²) in [4.78, 5) is 0. The summed E-state index contributed by atoms with van der Waals surface area (Å²) in [7, 11) is 0. The topological polar surface area (TPSA) is 35.2 Å². The Labute approximate surface area is 121 Å². The van der Waals surface area contributed by atoms with Crippen LogP contribution in [0.2, 0.25) is 0 Å². The molecule has 0 aliphatic carbocycles. The Morgan fingerprint density at radius 3 is 2.30 bits per heavy atom. The van der Waals surface area contributed by atoms with E-state index in [1.807, 2.05) is 19.1 Å². The van der Waals surface area contributed by atoms with Crippen LogP contribution in [0.25, 0.3) is 0 Å². The molecule has 2 aromatic rings. The van der Waals surface area contributed by atoms with Crippen LogP contribution in [0.15, 0.2) is 42.5 Å². The number of nitrogens with two attached hydrogens (primary N) is 1. The highest BCUT2D eigenvalue weighted by atomic mass is 16.5. The molecular weight excluding hydrogens is 246 g/mol. The van der Waals surface area contributed by atoms with E-state index in [1.165, 1.54) is 16.7 Å². The Bertz CT molecular complexity index is 560. The van der Waals surface area contributed by atoms with Crippen LogP contribution in [0.5, 0.6) is 5.75 Å². The number of ether oxygens (including phenoxy) is 1. The number of benzene rings is 2. The minimum Gasteiger partial charge on any atom is -0.494 e. The maximum Gasteiger partial charge on any atom is 0.119 e. The van der Waals surface area contributed by atoms with Crippen molar-refractivity contribution in [1.82, 2.24) is 0 Å². The van der Waals surface area contributed by atoms with Crippen LogP contribution >= 0.6 is 0 Å². The lowest BCUT2D eigenvalue weighted by Gasteiger charge is -2.14. The van der Waals surface area contributed by atoms with E-state index in [9.17, 15) is 0 Å². The molecule has 0 bridgehead atoms.